The Morgan fingerprint density at radius 3 is 2.61 bits per heavy atom. The Morgan fingerprint density at radius 1 is 1.30 bits per heavy atom. The summed E-state index contributed by atoms with van der Waals surface area (Å²) in [6.07, 6.45) is -0.0248. The number of carbonyl (C=O) groups is 2. The maximum absolute atomic E-state index is 12.1. The lowest BCUT2D eigenvalue weighted by Crippen LogP contribution is -2.24. The molecule has 0 spiro atoms. The average molecular weight is 336 g/mol. The number of ketones is 1. The van der Waals surface area contributed by atoms with Crippen LogP contribution in [0.25, 0.3) is 10.2 Å². The molecule has 1 heterocycles. The number of hydrogen-bond acceptors (Lipinski definition) is 7. The van der Waals surface area contributed by atoms with E-state index in [0.29, 0.717) is 10.2 Å². The molecule has 0 amide bonds. The minimum absolute atomic E-state index is 0.00315. The third-order valence-electron chi connectivity index (χ3n) is 2.80. The molecule has 0 aliphatic rings. The Morgan fingerprint density at radius 2 is 2.00 bits per heavy atom. The second-order valence-corrected chi connectivity index (χ2v) is 6.97. The Hall–Kier alpha value is -2.35. The summed E-state index contributed by atoms with van der Waals surface area (Å²) in [5.41, 5.74) is -0.107. The summed E-state index contributed by atoms with van der Waals surface area (Å²) >= 11 is 1.08. The molecule has 0 aliphatic carbocycles. The van der Waals surface area contributed by atoms with Crippen LogP contribution in [0.3, 0.4) is 0 Å². The van der Waals surface area contributed by atoms with Gasteiger partial charge in [0, 0.05) is 18.6 Å². The largest absolute Gasteiger partial charge is 0.460 e. The number of carbonyl (C=O) groups excluding carboxylic acids is 2. The number of nitro benzene ring substituents is 1. The van der Waals surface area contributed by atoms with Crippen molar-refractivity contribution in [2.24, 2.45) is 0 Å². The molecule has 0 fully saturated rings. The maximum atomic E-state index is 12.1. The van der Waals surface area contributed by atoms with Gasteiger partial charge in [0.05, 0.1) is 21.6 Å². The van der Waals surface area contributed by atoms with Crippen molar-refractivity contribution in [3.05, 3.63) is 33.3 Å². The number of fused-ring (bicyclic) bond motifs is 1. The number of Topliss-reactive ketones (excluding diaryl/α,β-unsaturated/α-hetero) is 1. The van der Waals surface area contributed by atoms with Gasteiger partial charge in [-0.15, -0.1) is 11.3 Å². The number of thiazole rings is 1. The molecule has 0 N–H and O–H groups in total. The number of benzene rings is 1. The predicted octanol–water partition coefficient (Wildman–Crippen LogP) is 3.51. The zero-order chi connectivity index (χ0) is 17.2. The molecule has 2 rings (SSSR count). The molecular weight excluding hydrogens is 320 g/mol. The van der Waals surface area contributed by atoms with Crippen molar-refractivity contribution >= 4 is 39.0 Å². The topological polar surface area (TPSA) is 99.4 Å². The minimum atomic E-state index is -0.588. The number of nitro groups is 1. The Labute approximate surface area is 136 Å². The number of hydrogen-bond donors (Lipinski definition) is 0. The van der Waals surface area contributed by atoms with Crippen LogP contribution in [0.1, 0.15) is 43.4 Å². The zero-order valence-corrected chi connectivity index (χ0v) is 13.8. The fraction of sp³-hybridized carbons (Fsp3) is 0.400. The van der Waals surface area contributed by atoms with Gasteiger partial charge in [0.1, 0.15) is 5.60 Å². The predicted molar refractivity (Wildman–Crippen MR) is 85.7 cm³/mol. The number of rotatable bonds is 5. The highest BCUT2D eigenvalue weighted by Gasteiger charge is 2.19. The number of nitrogens with zero attached hydrogens (tertiary/aromatic N) is 2. The Kier molecular flexibility index (Phi) is 4.74. The van der Waals surface area contributed by atoms with Gasteiger partial charge in [-0.1, -0.05) is 0 Å². The van der Waals surface area contributed by atoms with E-state index in [1.165, 1.54) is 18.2 Å². The molecule has 1 aromatic carbocycles. The smallest absolute Gasteiger partial charge is 0.306 e. The molecule has 0 radical (unpaired) electrons. The van der Waals surface area contributed by atoms with E-state index in [-0.39, 0.29) is 29.3 Å². The summed E-state index contributed by atoms with van der Waals surface area (Å²) < 4.78 is 5.71. The molecule has 8 heteroatoms. The van der Waals surface area contributed by atoms with E-state index in [4.69, 9.17) is 4.74 Å². The van der Waals surface area contributed by atoms with Crippen LogP contribution in [0.15, 0.2) is 18.2 Å². The minimum Gasteiger partial charge on any atom is -0.460 e. The van der Waals surface area contributed by atoms with Crippen LogP contribution in [-0.4, -0.2) is 27.3 Å². The lowest BCUT2D eigenvalue weighted by Gasteiger charge is -2.19. The van der Waals surface area contributed by atoms with Crippen molar-refractivity contribution in [3.63, 3.8) is 0 Å². The number of esters is 1. The van der Waals surface area contributed by atoms with E-state index < -0.39 is 16.5 Å². The summed E-state index contributed by atoms with van der Waals surface area (Å²) in [5.74, 6) is -0.720. The Balaban J connectivity index is 2.06. The SMILES string of the molecule is CC(C)(C)OC(=O)CCC(=O)c1nc2ccc([N+](=O)[O-])cc2s1. The first-order valence-electron chi connectivity index (χ1n) is 6.96. The Bertz CT molecular complexity index is 776. The number of ether oxygens (including phenoxy) is 1. The number of non-ortho nitro benzene ring substituents is 1. The van der Waals surface area contributed by atoms with E-state index in [2.05, 4.69) is 4.98 Å². The standard InChI is InChI=1S/C15H16N2O5S/c1-15(2,3)22-13(19)7-6-11(18)14-16-10-5-4-9(17(20)21)8-12(10)23-14/h4-5,8H,6-7H2,1-3H3. The summed E-state index contributed by atoms with van der Waals surface area (Å²) in [5, 5.41) is 11.0. The van der Waals surface area contributed by atoms with Crippen molar-refractivity contribution in [2.45, 2.75) is 39.2 Å². The number of aromatic nitrogens is 1. The molecule has 0 unspecified atom stereocenters. The molecular formula is C15H16N2O5S. The van der Waals surface area contributed by atoms with Gasteiger partial charge in [-0.2, -0.15) is 0 Å². The van der Waals surface area contributed by atoms with Gasteiger partial charge in [-0.05, 0) is 26.8 Å². The highest BCUT2D eigenvalue weighted by molar-refractivity contribution is 7.20. The molecule has 0 saturated carbocycles. The fourth-order valence-corrected chi connectivity index (χ4v) is 2.83. The lowest BCUT2D eigenvalue weighted by molar-refractivity contribution is -0.384. The summed E-state index contributed by atoms with van der Waals surface area (Å²) in [4.78, 5) is 38.1. The normalized spacial score (nSPS) is 11.4. The van der Waals surface area contributed by atoms with E-state index in [1.54, 1.807) is 20.8 Å². The van der Waals surface area contributed by atoms with Gasteiger partial charge in [0.2, 0.25) is 0 Å². The van der Waals surface area contributed by atoms with Crippen LogP contribution >= 0.6 is 11.3 Å². The van der Waals surface area contributed by atoms with Crippen molar-refractivity contribution in [1.82, 2.24) is 4.98 Å². The molecule has 0 aliphatic heterocycles. The van der Waals surface area contributed by atoms with Gasteiger partial charge in [-0.3, -0.25) is 19.7 Å². The van der Waals surface area contributed by atoms with Crippen LogP contribution < -0.4 is 0 Å². The van der Waals surface area contributed by atoms with Crippen molar-refractivity contribution in [1.29, 1.82) is 0 Å². The lowest BCUT2D eigenvalue weighted by atomic mass is 10.2. The molecule has 0 saturated heterocycles. The van der Waals surface area contributed by atoms with Gasteiger partial charge in [-0.25, -0.2) is 4.98 Å². The van der Waals surface area contributed by atoms with Gasteiger partial charge >= 0.3 is 5.97 Å². The second kappa shape index (κ2) is 6.41. The van der Waals surface area contributed by atoms with E-state index >= 15 is 0 Å². The van der Waals surface area contributed by atoms with Gasteiger partial charge in [0.25, 0.3) is 5.69 Å². The monoisotopic (exact) mass is 336 g/mol. The highest BCUT2D eigenvalue weighted by atomic mass is 32.1. The maximum Gasteiger partial charge on any atom is 0.306 e. The van der Waals surface area contributed by atoms with E-state index in [1.807, 2.05) is 0 Å². The van der Waals surface area contributed by atoms with Crippen molar-refractivity contribution in [2.75, 3.05) is 0 Å². The molecule has 1 aromatic heterocycles. The third-order valence-corrected chi connectivity index (χ3v) is 3.86. The first-order valence-corrected chi connectivity index (χ1v) is 7.77. The summed E-state index contributed by atoms with van der Waals surface area (Å²) in [6, 6.07) is 4.24. The molecule has 122 valence electrons. The van der Waals surface area contributed by atoms with Crippen LogP contribution in [0, 0.1) is 10.1 Å². The van der Waals surface area contributed by atoms with E-state index in [0.717, 1.165) is 11.3 Å². The molecule has 23 heavy (non-hydrogen) atoms. The average Bonchev–Trinajstić information content (AvgIpc) is 2.85. The summed E-state index contributed by atoms with van der Waals surface area (Å²) in [7, 11) is 0. The molecule has 7 nitrogen and oxygen atoms in total. The fourth-order valence-electron chi connectivity index (χ4n) is 1.86. The summed E-state index contributed by atoms with van der Waals surface area (Å²) in [6.45, 7) is 5.27. The molecule has 0 atom stereocenters. The van der Waals surface area contributed by atoms with Crippen LogP contribution in [0.2, 0.25) is 0 Å². The van der Waals surface area contributed by atoms with Crippen LogP contribution in [-0.2, 0) is 9.53 Å². The molecule has 0 bridgehead atoms. The zero-order valence-electron chi connectivity index (χ0n) is 13.0. The third kappa shape index (κ3) is 4.56. The van der Waals surface area contributed by atoms with Crippen molar-refractivity contribution in [3.8, 4) is 0 Å². The van der Waals surface area contributed by atoms with E-state index in [9.17, 15) is 19.7 Å². The quantitative estimate of drug-likeness (QED) is 0.358. The van der Waals surface area contributed by atoms with Crippen LogP contribution in [0.4, 0.5) is 5.69 Å². The van der Waals surface area contributed by atoms with Crippen LogP contribution in [0.5, 0.6) is 0 Å². The molecule has 2 aromatic rings. The first kappa shape index (κ1) is 17.0. The second-order valence-electron chi connectivity index (χ2n) is 5.94. The van der Waals surface area contributed by atoms with Gasteiger partial charge < -0.3 is 4.74 Å². The van der Waals surface area contributed by atoms with Gasteiger partial charge in [0.15, 0.2) is 10.8 Å². The first-order chi connectivity index (χ1) is 10.7. The van der Waals surface area contributed by atoms with Crippen molar-refractivity contribution < 1.29 is 19.2 Å². The highest BCUT2D eigenvalue weighted by Crippen LogP contribution is 2.27.